The van der Waals surface area contributed by atoms with Crippen LogP contribution in [0.3, 0.4) is 0 Å². The summed E-state index contributed by atoms with van der Waals surface area (Å²) in [6.45, 7) is 3.94. The van der Waals surface area contributed by atoms with E-state index in [2.05, 4.69) is 15.9 Å². The molecule has 0 amide bonds. The maximum atomic E-state index is 12.4. The SMILES string of the molecule is Cc1cccc(C)c1C(=O)c1ccc(Br)cc1. The van der Waals surface area contributed by atoms with Crippen molar-refractivity contribution in [1.29, 1.82) is 0 Å². The molecule has 0 aliphatic rings. The van der Waals surface area contributed by atoms with Crippen molar-refractivity contribution in [1.82, 2.24) is 0 Å². The fraction of sp³-hybridized carbons (Fsp3) is 0.133. The van der Waals surface area contributed by atoms with E-state index in [0.29, 0.717) is 0 Å². The zero-order valence-corrected chi connectivity index (χ0v) is 11.4. The first-order valence-corrected chi connectivity index (χ1v) is 6.25. The molecule has 0 aliphatic heterocycles. The smallest absolute Gasteiger partial charge is 0.193 e. The topological polar surface area (TPSA) is 17.1 Å². The Morgan fingerprint density at radius 2 is 1.47 bits per heavy atom. The van der Waals surface area contributed by atoms with Crippen LogP contribution in [0.25, 0.3) is 0 Å². The predicted molar refractivity (Wildman–Crippen MR) is 73.5 cm³/mol. The normalized spacial score (nSPS) is 10.3. The standard InChI is InChI=1S/C15H13BrO/c1-10-4-3-5-11(2)14(10)15(17)12-6-8-13(16)9-7-12/h3-9H,1-2H3. The van der Waals surface area contributed by atoms with Crippen LogP contribution in [-0.4, -0.2) is 5.78 Å². The first-order chi connectivity index (χ1) is 8.09. The summed E-state index contributed by atoms with van der Waals surface area (Å²) < 4.78 is 0.982. The number of benzene rings is 2. The van der Waals surface area contributed by atoms with Gasteiger partial charge in [0.2, 0.25) is 0 Å². The van der Waals surface area contributed by atoms with Crippen LogP contribution >= 0.6 is 15.9 Å². The van der Waals surface area contributed by atoms with Crippen LogP contribution in [0, 0.1) is 13.8 Å². The second-order valence-electron chi connectivity index (χ2n) is 4.10. The van der Waals surface area contributed by atoms with Gasteiger partial charge in [0, 0.05) is 15.6 Å². The first-order valence-electron chi connectivity index (χ1n) is 5.46. The second-order valence-corrected chi connectivity index (χ2v) is 5.02. The Bertz CT molecular complexity index is 535. The summed E-state index contributed by atoms with van der Waals surface area (Å²) in [5.41, 5.74) is 3.59. The molecule has 0 heterocycles. The zero-order chi connectivity index (χ0) is 12.4. The first kappa shape index (κ1) is 12.1. The number of aryl methyl sites for hydroxylation is 2. The number of carbonyl (C=O) groups is 1. The quantitative estimate of drug-likeness (QED) is 0.753. The van der Waals surface area contributed by atoms with E-state index >= 15 is 0 Å². The van der Waals surface area contributed by atoms with Crippen molar-refractivity contribution in [2.75, 3.05) is 0 Å². The van der Waals surface area contributed by atoms with E-state index in [1.165, 1.54) is 0 Å². The largest absolute Gasteiger partial charge is 0.289 e. The highest BCUT2D eigenvalue weighted by Crippen LogP contribution is 2.19. The number of carbonyl (C=O) groups excluding carboxylic acids is 1. The van der Waals surface area contributed by atoms with Crippen molar-refractivity contribution in [3.63, 3.8) is 0 Å². The van der Waals surface area contributed by atoms with E-state index in [1.54, 1.807) is 0 Å². The molecule has 0 spiro atoms. The molecule has 0 atom stereocenters. The van der Waals surface area contributed by atoms with E-state index in [4.69, 9.17) is 0 Å². The Balaban J connectivity index is 2.47. The van der Waals surface area contributed by atoms with Gasteiger partial charge in [0.1, 0.15) is 0 Å². The van der Waals surface area contributed by atoms with Gasteiger partial charge in [-0.1, -0.05) is 34.1 Å². The van der Waals surface area contributed by atoms with Gasteiger partial charge in [-0.2, -0.15) is 0 Å². The van der Waals surface area contributed by atoms with Gasteiger partial charge in [-0.15, -0.1) is 0 Å². The fourth-order valence-corrected chi connectivity index (χ4v) is 2.18. The molecule has 2 aromatic carbocycles. The second kappa shape index (κ2) is 4.84. The average Bonchev–Trinajstić information content (AvgIpc) is 2.29. The van der Waals surface area contributed by atoms with Crippen molar-refractivity contribution in [3.05, 3.63) is 69.2 Å². The molecule has 0 fully saturated rings. The lowest BCUT2D eigenvalue weighted by Gasteiger charge is -2.08. The number of hydrogen-bond donors (Lipinski definition) is 0. The van der Waals surface area contributed by atoms with E-state index in [0.717, 1.165) is 26.7 Å². The molecule has 86 valence electrons. The third-order valence-corrected chi connectivity index (χ3v) is 3.34. The summed E-state index contributed by atoms with van der Waals surface area (Å²) >= 11 is 3.37. The summed E-state index contributed by atoms with van der Waals surface area (Å²) in [5.74, 6) is 0.0908. The van der Waals surface area contributed by atoms with Gasteiger partial charge >= 0.3 is 0 Å². The lowest BCUT2D eigenvalue weighted by atomic mass is 9.95. The lowest BCUT2D eigenvalue weighted by Crippen LogP contribution is -2.05. The van der Waals surface area contributed by atoms with Crippen LogP contribution in [0.15, 0.2) is 46.9 Å². The summed E-state index contributed by atoms with van der Waals surface area (Å²) in [4.78, 5) is 12.4. The molecule has 0 N–H and O–H groups in total. The van der Waals surface area contributed by atoms with Gasteiger partial charge in [-0.05, 0) is 49.2 Å². The van der Waals surface area contributed by atoms with Gasteiger partial charge in [-0.3, -0.25) is 4.79 Å². The molecule has 0 radical (unpaired) electrons. The number of hydrogen-bond acceptors (Lipinski definition) is 1. The number of rotatable bonds is 2. The van der Waals surface area contributed by atoms with Crippen LogP contribution in [0.2, 0.25) is 0 Å². The van der Waals surface area contributed by atoms with E-state index in [9.17, 15) is 4.79 Å². The molecule has 1 nitrogen and oxygen atoms in total. The number of ketones is 1. The maximum Gasteiger partial charge on any atom is 0.193 e. The Hall–Kier alpha value is -1.41. The molecule has 0 aliphatic carbocycles. The zero-order valence-electron chi connectivity index (χ0n) is 9.83. The minimum atomic E-state index is 0.0908. The minimum absolute atomic E-state index is 0.0908. The molecular formula is C15H13BrO. The maximum absolute atomic E-state index is 12.4. The van der Waals surface area contributed by atoms with Crippen molar-refractivity contribution < 1.29 is 4.79 Å². The van der Waals surface area contributed by atoms with Crippen LogP contribution in [0.4, 0.5) is 0 Å². The van der Waals surface area contributed by atoms with Crippen LogP contribution < -0.4 is 0 Å². The Labute approximate surface area is 110 Å². The molecule has 0 bridgehead atoms. The van der Waals surface area contributed by atoms with Crippen LogP contribution in [0.1, 0.15) is 27.0 Å². The molecule has 0 unspecified atom stereocenters. The van der Waals surface area contributed by atoms with Crippen LogP contribution in [0.5, 0.6) is 0 Å². The van der Waals surface area contributed by atoms with Crippen molar-refractivity contribution in [2.24, 2.45) is 0 Å². The van der Waals surface area contributed by atoms with E-state index < -0.39 is 0 Å². The van der Waals surface area contributed by atoms with Crippen LogP contribution in [-0.2, 0) is 0 Å². The van der Waals surface area contributed by atoms with Gasteiger partial charge in [0.25, 0.3) is 0 Å². The van der Waals surface area contributed by atoms with E-state index in [-0.39, 0.29) is 5.78 Å². The molecule has 0 saturated carbocycles. The van der Waals surface area contributed by atoms with E-state index in [1.807, 2.05) is 56.3 Å². The fourth-order valence-electron chi connectivity index (χ4n) is 1.92. The summed E-state index contributed by atoms with van der Waals surface area (Å²) in [6, 6.07) is 13.4. The molecule has 17 heavy (non-hydrogen) atoms. The molecule has 2 heteroatoms. The third-order valence-electron chi connectivity index (χ3n) is 2.81. The van der Waals surface area contributed by atoms with Gasteiger partial charge < -0.3 is 0 Å². The summed E-state index contributed by atoms with van der Waals surface area (Å²) in [6.07, 6.45) is 0. The summed E-state index contributed by atoms with van der Waals surface area (Å²) in [7, 11) is 0. The van der Waals surface area contributed by atoms with Crippen molar-refractivity contribution in [3.8, 4) is 0 Å². The lowest BCUT2D eigenvalue weighted by molar-refractivity contribution is 0.103. The summed E-state index contributed by atoms with van der Waals surface area (Å²) in [5, 5.41) is 0. The Morgan fingerprint density at radius 1 is 0.941 bits per heavy atom. The molecular weight excluding hydrogens is 276 g/mol. The highest BCUT2D eigenvalue weighted by atomic mass is 79.9. The average molecular weight is 289 g/mol. The minimum Gasteiger partial charge on any atom is -0.289 e. The predicted octanol–water partition coefficient (Wildman–Crippen LogP) is 4.30. The molecule has 0 saturated heterocycles. The highest BCUT2D eigenvalue weighted by Gasteiger charge is 2.13. The Kier molecular flexibility index (Phi) is 3.43. The number of halogens is 1. The van der Waals surface area contributed by atoms with Gasteiger partial charge in [0.05, 0.1) is 0 Å². The monoisotopic (exact) mass is 288 g/mol. The van der Waals surface area contributed by atoms with Crippen molar-refractivity contribution in [2.45, 2.75) is 13.8 Å². The molecule has 2 aromatic rings. The van der Waals surface area contributed by atoms with Crippen molar-refractivity contribution >= 4 is 21.7 Å². The highest BCUT2D eigenvalue weighted by molar-refractivity contribution is 9.10. The Morgan fingerprint density at radius 3 is 2.00 bits per heavy atom. The third kappa shape index (κ3) is 2.47. The van der Waals surface area contributed by atoms with Gasteiger partial charge in [0.15, 0.2) is 5.78 Å². The van der Waals surface area contributed by atoms with Gasteiger partial charge in [-0.25, -0.2) is 0 Å². The molecule has 0 aromatic heterocycles. The molecule has 2 rings (SSSR count).